The molecule has 1 spiro atoms. The largest absolute Gasteiger partial charge is 0.508 e. The summed E-state index contributed by atoms with van der Waals surface area (Å²) in [6, 6.07) is 7.88. The number of allylic oxidation sites excluding steroid dienone is 2. The zero-order valence-corrected chi connectivity index (χ0v) is 20.5. The van der Waals surface area contributed by atoms with Gasteiger partial charge in [-0.05, 0) is 79.4 Å². The standard InChI is InChI=1S/C29H40O4/c1-27(2)16-32-29(33-17-27)13-12-21-19(14-29)6-9-22-24-10-11-25(31)28(24,3)15-23(26(21)22)18-4-7-20(30)8-5-18/h4-5,7-8,19,22-25,30-31H,6,9-17H2,1-3H3. The lowest BCUT2D eigenvalue weighted by atomic mass is 9.52. The number of ether oxygens (including phenoxy) is 2. The van der Waals surface area contributed by atoms with E-state index >= 15 is 0 Å². The molecular formula is C29H40O4. The molecule has 4 heteroatoms. The molecule has 6 atom stereocenters. The van der Waals surface area contributed by atoms with Gasteiger partial charge in [-0.25, -0.2) is 0 Å². The maximum absolute atomic E-state index is 11.0. The van der Waals surface area contributed by atoms with Crippen molar-refractivity contribution in [3.8, 4) is 5.75 Å². The van der Waals surface area contributed by atoms with Gasteiger partial charge in [-0.3, -0.25) is 0 Å². The van der Waals surface area contributed by atoms with Crippen LogP contribution in [0.5, 0.6) is 5.75 Å². The summed E-state index contributed by atoms with van der Waals surface area (Å²) in [4.78, 5) is 0. The Morgan fingerprint density at radius 1 is 0.909 bits per heavy atom. The molecule has 1 aromatic carbocycles. The summed E-state index contributed by atoms with van der Waals surface area (Å²) in [5, 5.41) is 20.9. The molecule has 4 fully saturated rings. The van der Waals surface area contributed by atoms with Crippen molar-refractivity contribution in [3.05, 3.63) is 41.0 Å². The number of hydrogen-bond donors (Lipinski definition) is 2. The van der Waals surface area contributed by atoms with Crippen molar-refractivity contribution in [1.29, 1.82) is 0 Å². The first-order chi connectivity index (χ1) is 15.7. The van der Waals surface area contributed by atoms with Gasteiger partial charge >= 0.3 is 0 Å². The van der Waals surface area contributed by atoms with Crippen molar-refractivity contribution >= 4 is 0 Å². The topological polar surface area (TPSA) is 58.9 Å². The number of hydrogen-bond acceptors (Lipinski definition) is 4. The molecule has 4 nitrogen and oxygen atoms in total. The van der Waals surface area contributed by atoms with Crippen LogP contribution in [0.25, 0.3) is 0 Å². The lowest BCUT2D eigenvalue weighted by Gasteiger charge is -2.55. The molecule has 0 bridgehead atoms. The van der Waals surface area contributed by atoms with Gasteiger partial charge in [0.2, 0.25) is 0 Å². The summed E-state index contributed by atoms with van der Waals surface area (Å²) in [6.07, 6.45) is 8.34. The minimum absolute atomic E-state index is 0.0127. The van der Waals surface area contributed by atoms with Crippen LogP contribution in [0.2, 0.25) is 0 Å². The Hall–Kier alpha value is -1.36. The molecule has 0 amide bonds. The average Bonchev–Trinajstić information content (AvgIpc) is 3.10. The van der Waals surface area contributed by atoms with Gasteiger partial charge < -0.3 is 19.7 Å². The number of rotatable bonds is 1. The van der Waals surface area contributed by atoms with Crippen LogP contribution in [-0.4, -0.2) is 35.3 Å². The van der Waals surface area contributed by atoms with Gasteiger partial charge in [0.05, 0.1) is 19.3 Å². The SMILES string of the molecule is CC1(C)COC2(CCC3=C4C(c5ccc(O)cc5)CC5(C)C(O)CCC5C4CCC3C2)OC1. The first kappa shape index (κ1) is 22.1. The summed E-state index contributed by atoms with van der Waals surface area (Å²) in [6.45, 7) is 8.35. The quantitative estimate of drug-likeness (QED) is 0.518. The zero-order chi connectivity index (χ0) is 23.0. The first-order valence-corrected chi connectivity index (χ1v) is 13.2. The molecule has 180 valence electrons. The van der Waals surface area contributed by atoms with Gasteiger partial charge in [0.1, 0.15) is 5.75 Å². The van der Waals surface area contributed by atoms with E-state index in [9.17, 15) is 10.2 Å². The van der Waals surface area contributed by atoms with Gasteiger partial charge in [-0.1, -0.05) is 44.1 Å². The van der Waals surface area contributed by atoms with Crippen LogP contribution < -0.4 is 0 Å². The second kappa shape index (κ2) is 7.57. The summed E-state index contributed by atoms with van der Waals surface area (Å²) in [5.41, 5.74) is 4.74. The van der Waals surface area contributed by atoms with Crippen molar-refractivity contribution in [2.24, 2.45) is 28.6 Å². The monoisotopic (exact) mass is 452 g/mol. The van der Waals surface area contributed by atoms with Gasteiger partial charge in [0, 0.05) is 24.2 Å². The van der Waals surface area contributed by atoms with Gasteiger partial charge in [-0.15, -0.1) is 0 Å². The maximum Gasteiger partial charge on any atom is 0.169 e. The number of benzene rings is 1. The molecule has 1 heterocycles. The highest BCUT2D eigenvalue weighted by Crippen LogP contribution is 2.65. The number of fused-ring (bicyclic) bond motifs is 4. The summed E-state index contributed by atoms with van der Waals surface area (Å²) in [5.74, 6) is 1.97. The number of phenols is 1. The Kier molecular flexibility index (Phi) is 5.07. The minimum atomic E-state index is -0.391. The smallest absolute Gasteiger partial charge is 0.169 e. The second-order valence-electron chi connectivity index (χ2n) is 12.8. The molecule has 2 N–H and O–H groups in total. The molecule has 0 aromatic heterocycles. The third-order valence-electron chi connectivity index (χ3n) is 10.0. The van der Waals surface area contributed by atoms with E-state index in [-0.39, 0.29) is 16.9 Å². The van der Waals surface area contributed by atoms with E-state index < -0.39 is 5.79 Å². The Labute approximate surface area is 198 Å². The van der Waals surface area contributed by atoms with E-state index in [4.69, 9.17) is 9.47 Å². The zero-order valence-electron chi connectivity index (χ0n) is 20.5. The molecule has 0 radical (unpaired) electrons. The van der Waals surface area contributed by atoms with E-state index in [0.717, 1.165) is 51.7 Å². The van der Waals surface area contributed by atoms with E-state index in [1.165, 1.54) is 18.4 Å². The predicted octanol–water partition coefficient (Wildman–Crippen LogP) is 5.93. The van der Waals surface area contributed by atoms with Gasteiger partial charge in [-0.2, -0.15) is 0 Å². The fourth-order valence-corrected chi connectivity index (χ4v) is 8.21. The van der Waals surface area contributed by atoms with Crippen LogP contribution in [0.1, 0.15) is 83.6 Å². The van der Waals surface area contributed by atoms with Crippen LogP contribution in [-0.2, 0) is 9.47 Å². The molecule has 4 aliphatic carbocycles. The van der Waals surface area contributed by atoms with Crippen LogP contribution >= 0.6 is 0 Å². The third-order valence-corrected chi connectivity index (χ3v) is 10.0. The summed E-state index contributed by atoms with van der Waals surface area (Å²) in [7, 11) is 0. The molecule has 6 unspecified atom stereocenters. The van der Waals surface area contributed by atoms with Crippen molar-refractivity contribution < 1.29 is 19.7 Å². The van der Waals surface area contributed by atoms with Crippen LogP contribution in [0.3, 0.4) is 0 Å². The van der Waals surface area contributed by atoms with Crippen LogP contribution in [0.15, 0.2) is 35.4 Å². The highest BCUT2D eigenvalue weighted by atomic mass is 16.7. The predicted molar refractivity (Wildman–Crippen MR) is 128 cm³/mol. The third kappa shape index (κ3) is 3.51. The summed E-state index contributed by atoms with van der Waals surface area (Å²) >= 11 is 0. The van der Waals surface area contributed by atoms with Crippen molar-refractivity contribution in [2.45, 2.75) is 89.9 Å². The highest BCUT2D eigenvalue weighted by molar-refractivity contribution is 5.42. The molecule has 1 saturated heterocycles. The van der Waals surface area contributed by atoms with Gasteiger partial charge in [0.25, 0.3) is 0 Å². The number of phenolic OH excluding ortho intramolecular Hbond substituents is 1. The van der Waals surface area contributed by atoms with Crippen molar-refractivity contribution in [2.75, 3.05) is 13.2 Å². The Morgan fingerprint density at radius 3 is 2.36 bits per heavy atom. The molecule has 5 aliphatic rings. The van der Waals surface area contributed by atoms with E-state index in [1.54, 1.807) is 11.1 Å². The normalized spacial score (nSPS) is 41.4. The highest BCUT2D eigenvalue weighted by Gasteiger charge is 2.57. The fraction of sp³-hybridized carbons (Fsp3) is 0.724. The number of aliphatic hydroxyl groups excluding tert-OH is 1. The van der Waals surface area contributed by atoms with E-state index in [2.05, 4.69) is 32.9 Å². The number of aliphatic hydroxyl groups is 1. The maximum atomic E-state index is 11.0. The van der Waals surface area contributed by atoms with Gasteiger partial charge in [0.15, 0.2) is 5.79 Å². The van der Waals surface area contributed by atoms with Crippen molar-refractivity contribution in [1.82, 2.24) is 0 Å². The summed E-state index contributed by atoms with van der Waals surface area (Å²) < 4.78 is 12.9. The Balaban J connectivity index is 1.38. The fourth-order valence-electron chi connectivity index (χ4n) is 8.21. The average molecular weight is 453 g/mol. The van der Waals surface area contributed by atoms with Crippen LogP contribution in [0, 0.1) is 28.6 Å². The first-order valence-electron chi connectivity index (χ1n) is 13.2. The van der Waals surface area contributed by atoms with Crippen molar-refractivity contribution in [3.63, 3.8) is 0 Å². The minimum Gasteiger partial charge on any atom is -0.508 e. The number of aromatic hydroxyl groups is 1. The molecular weight excluding hydrogens is 412 g/mol. The van der Waals surface area contributed by atoms with E-state index in [0.29, 0.717) is 29.4 Å². The molecule has 3 saturated carbocycles. The molecule has 33 heavy (non-hydrogen) atoms. The Morgan fingerprint density at radius 2 is 1.64 bits per heavy atom. The lowest BCUT2D eigenvalue weighted by Crippen LogP contribution is -2.52. The lowest BCUT2D eigenvalue weighted by molar-refractivity contribution is -0.312. The molecule has 1 aromatic rings. The van der Waals surface area contributed by atoms with E-state index in [1.807, 2.05) is 12.1 Å². The molecule has 6 rings (SSSR count). The molecule has 1 aliphatic heterocycles. The second-order valence-corrected chi connectivity index (χ2v) is 12.8. The Bertz CT molecular complexity index is 937. The van der Waals surface area contributed by atoms with Crippen LogP contribution in [0.4, 0.5) is 0 Å².